The molecule has 3 aliphatic carbocycles. The fraction of sp³-hybridized carbons (Fsp3) is 0.371. The lowest BCUT2D eigenvalue weighted by Crippen LogP contribution is -2.72. The highest BCUT2D eigenvalue weighted by atomic mass is 16.3. The molecule has 7 rings (SSSR count). The van der Waals surface area contributed by atoms with E-state index in [0.717, 1.165) is 35.3 Å². The topological polar surface area (TPSA) is 110 Å². The van der Waals surface area contributed by atoms with Gasteiger partial charge in [0.05, 0.1) is 5.56 Å². The lowest BCUT2D eigenvalue weighted by atomic mass is 9.51. The summed E-state index contributed by atoms with van der Waals surface area (Å²) < 4.78 is 0. The summed E-state index contributed by atoms with van der Waals surface area (Å²) in [6, 6.07) is 18.5. The Morgan fingerprint density at radius 2 is 1.69 bits per heavy atom. The molecule has 1 heterocycles. The van der Waals surface area contributed by atoms with Gasteiger partial charge in [-0.15, -0.1) is 0 Å². The Labute approximate surface area is 245 Å². The van der Waals surface area contributed by atoms with Gasteiger partial charge in [0.1, 0.15) is 17.1 Å². The van der Waals surface area contributed by atoms with Crippen LogP contribution in [0.25, 0.3) is 11.1 Å². The maximum atomic E-state index is 13.3. The molecule has 2 bridgehead atoms. The van der Waals surface area contributed by atoms with Gasteiger partial charge in [0, 0.05) is 36.5 Å². The number of carbonyl (C=O) groups excluding carboxylic acids is 2. The molecule has 1 aliphatic heterocycles. The molecular weight excluding hydrogens is 528 g/mol. The van der Waals surface area contributed by atoms with Gasteiger partial charge >= 0.3 is 0 Å². The van der Waals surface area contributed by atoms with E-state index in [1.165, 1.54) is 18.9 Å². The monoisotopic (exact) mass is 564 g/mol. The van der Waals surface area contributed by atoms with E-state index >= 15 is 0 Å². The fourth-order valence-corrected chi connectivity index (χ4v) is 7.58. The van der Waals surface area contributed by atoms with Crippen molar-refractivity contribution in [3.05, 3.63) is 95.1 Å². The summed E-state index contributed by atoms with van der Waals surface area (Å²) in [4.78, 5) is 28.5. The normalized spacial score (nSPS) is 26.4. The number of aliphatic hydroxyl groups is 1. The highest BCUT2D eigenvalue weighted by molar-refractivity contribution is 5.98. The number of piperidine rings is 1. The number of phenolic OH excluding ortho intramolecular Hbond substituents is 2. The van der Waals surface area contributed by atoms with Crippen LogP contribution in [0.15, 0.2) is 72.8 Å². The number of allylic oxidation sites excluding steroid dienone is 1. The second-order valence-electron chi connectivity index (χ2n) is 12.5. The molecule has 4 N–H and O–H groups in total. The summed E-state index contributed by atoms with van der Waals surface area (Å²) in [7, 11) is 0. The number of hydrogen-bond acceptors (Lipinski definition) is 6. The molecule has 2 fully saturated rings. The van der Waals surface area contributed by atoms with E-state index < -0.39 is 11.0 Å². The van der Waals surface area contributed by atoms with Gasteiger partial charge in [-0.3, -0.25) is 14.5 Å². The van der Waals surface area contributed by atoms with Gasteiger partial charge < -0.3 is 20.6 Å². The summed E-state index contributed by atoms with van der Waals surface area (Å²) >= 11 is 0. The zero-order valence-corrected chi connectivity index (χ0v) is 23.6. The number of fused-ring (bicyclic) bond motifs is 1. The average molecular weight is 565 g/mol. The van der Waals surface area contributed by atoms with Crippen LogP contribution in [0.3, 0.4) is 0 Å². The number of phenols is 2. The molecule has 1 amide bonds. The number of likely N-dealkylation sites (tertiary alicyclic amines) is 1. The van der Waals surface area contributed by atoms with Crippen LogP contribution < -0.4 is 5.32 Å². The third-order valence-corrected chi connectivity index (χ3v) is 9.98. The first-order valence-electron chi connectivity index (χ1n) is 15.0. The van der Waals surface area contributed by atoms with Crippen LogP contribution in [0.5, 0.6) is 11.5 Å². The molecule has 3 aromatic rings. The number of nitrogens with zero attached hydrogens (tertiary/aromatic N) is 1. The number of nitrogens with one attached hydrogen (secondary N) is 1. The smallest absolute Gasteiger partial charge is 0.255 e. The molecule has 1 saturated carbocycles. The van der Waals surface area contributed by atoms with E-state index in [0.29, 0.717) is 37.3 Å². The lowest BCUT2D eigenvalue weighted by Gasteiger charge is -2.61. The van der Waals surface area contributed by atoms with E-state index in [9.17, 15) is 24.9 Å². The Morgan fingerprint density at radius 1 is 0.976 bits per heavy atom. The first-order chi connectivity index (χ1) is 20.3. The molecule has 7 nitrogen and oxygen atoms in total. The highest BCUT2D eigenvalue weighted by Crippen LogP contribution is 2.58. The van der Waals surface area contributed by atoms with Crippen molar-refractivity contribution in [2.75, 3.05) is 19.6 Å². The molecule has 42 heavy (non-hydrogen) atoms. The first kappa shape index (κ1) is 26.9. The Hall–Kier alpha value is -3.94. The molecule has 3 aromatic carbocycles. The minimum Gasteiger partial charge on any atom is -0.508 e. The van der Waals surface area contributed by atoms with Crippen LogP contribution in [-0.2, 0) is 23.1 Å². The second kappa shape index (κ2) is 10.1. The van der Waals surface area contributed by atoms with Crippen LogP contribution in [0.2, 0.25) is 0 Å². The number of rotatable bonds is 7. The Kier molecular flexibility index (Phi) is 6.48. The Bertz CT molecular complexity index is 1580. The quantitative estimate of drug-likeness (QED) is 0.341. The van der Waals surface area contributed by atoms with Crippen molar-refractivity contribution in [1.82, 2.24) is 10.2 Å². The zero-order valence-electron chi connectivity index (χ0n) is 23.6. The number of hydrogen-bond donors (Lipinski definition) is 4. The maximum Gasteiger partial charge on any atom is 0.255 e. The van der Waals surface area contributed by atoms with Gasteiger partial charge in [0.2, 0.25) is 0 Å². The van der Waals surface area contributed by atoms with Gasteiger partial charge in [0.15, 0.2) is 5.78 Å². The van der Waals surface area contributed by atoms with Gasteiger partial charge in [-0.1, -0.05) is 42.5 Å². The minimum absolute atomic E-state index is 0.0624. The Morgan fingerprint density at radius 3 is 2.40 bits per heavy atom. The van der Waals surface area contributed by atoms with Crippen molar-refractivity contribution in [1.29, 1.82) is 0 Å². The lowest BCUT2D eigenvalue weighted by molar-refractivity contribution is -0.139. The van der Waals surface area contributed by atoms with Crippen molar-refractivity contribution in [3.63, 3.8) is 0 Å². The average Bonchev–Trinajstić information content (AvgIpc) is 3.80. The van der Waals surface area contributed by atoms with Gasteiger partial charge in [-0.25, -0.2) is 0 Å². The number of benzene rings is 3. The van der Waals surface area contributed by atoms with Gasteiger partial charge in [-0.05, 0) is 97.2 Å². The van der Waals surface area contributed by atoms with Crippen LogP contribution in [0.4, 0.5) is 0 Å². The molecule has 0 spiro atoms. The standard InChI is InChI=1S/C35H36N2O5/c38-27-10-7-25(8-11-27)24-5-3-22(4-6-24)14-17-36-33(41)29-12-9-26-19-30-35(42)15-13-28(39)20-34(35,31(26)32(29)40)16-18-37(30)21-23-1-2-23/h3-13,15,23,30,38,40,42H,1-2,14,16-21H2,(H,36,41)/t30?,34?,35-/m1/s1. The third-order valence-electron chi connectivity index (χ3n) is 9.98. The van der Waals surface area contributed by atoms with Crippen molar-refractivity contribution >= 4 is 11.7 Å². The van der Waals surface area contributed by atoms with E-state index in [4.69, 9.17) is 0 Å². The number of aromatic hydroxyl groups is 2. The molecular formula is C35H36N2O5. The molecule has 1 saturated heterocycles. The SMILES string of the molecule is O=C1C=C[C@@]2(O)C3Cc4ccc(C(=O)NCCc5ccc(-c6ccc(O)cc6)cc5)c(O)c4C2(CCN3CC2CC2)C1. The van der Waals surface area contributed by atoms with Gasteiger partial charge in [0.25, 0.3) is 5.91 Å². The number of amides is 1. The summed E-state index contributed by atoms with van der Waals surface area (Å²) in [5, 5.41) is 36.3. The predicted molar refractivity (Wildman–Crippen MR) is 159 cm³/mol. The third kappa shape index (κ3) is 4.43. The maximum absolute atomic E-state index is 13.3. The van der Waals surface area contributed by atoms with Crippen molar-refractivity contribution in [2.24, 2.45) is 5.92 Å². The van der Waals surface area contributed by atoms with Crippen LogP contribution in [-0.4, -0.2) is 63.2 Å². The predicted octanol–water partition coefficient (Wildman–Crippen LogP) is 4.28. The fourth-order valence-electron chi connectivity index (χ4n) is 7.58. The van der Waals surface area contributed by atoms with E-state index in [2.05, 4.69) is 10.2 Å². The summed E-state index contributed by atoms with van der Waals surface area (Å²) in [6.07, 6.45) is 7.48. The molecule has 3 atom stereocenters. The van der Waals surface area contributed by atoms with Crippen molar-refractivity contribution < 1.29 is 24.9 Å². The number of ketones is 1. The summed E-state index contributed by atoms with van der Waals surface area (Å²) in [5.41, 5.74) is 2.55. The largest absolute Gasteiger partial charge is 0.508 e. The summed E-state index contributed by atoms with van der Waals surface area (Å²) in [5.74, 6) is 0.357. The minimum atomic E-state index is -1.28. The summed E-state index contributed by atoms with van der Waals surface area (Å²) in [6.45, 7) is 2.10. The zero-order chi connectivity index (χ0) is 29.1. The molecule has 7 heteroatoms. The molecule has 0 radical (unpaired) electrons. The molecule has 216 valence electrons. The van der Waals surface area contributed by atoms with Crippen molar-refractivity contribution in [3.8, 4) is 22.6 Å². The number of carbonyl (C=O) groups is 2. The first-order valence-corrected chi connectivity index (χ1v) is 15.0. The van der Waals surface area contributed by atoms with Crippen LogP contribution >= 0.6 is 0 Å². The van der Waals surface area contributed by atoms with E-state index in [-0.39, 0.29) is 41.2 Å². The van der Waals surface area contributed by atoms with Gasteiger partial charge in [-0.2, -0.15) is 0 Å². The Balaban J connectivity index is 1.10. The van der Waals surface area contributed by atoms with E-state index in [1.54, 1.807) is 24.3 Å². The molecule has 2 unspecified atom stereocenters. The van der Waals surface area contributed by atoms with Crippen LogP contribution in [0.1, 0.15) is 52.7 Å². The van der Waals surface area contributed by atoms with E-state index in [1.807, 2.05) is 42.5 Å². The molecule has 4 aliphatic rings. The highest BCUT2D eigenvalue weighted by Gasteiger charge is 2.64. The van der Waals surface area contributed by atoms with Crippen LogP contribution in [0, 0.1) is 5.92 Å². The molecule has 0 aromatic heterocycles. The van der Waals surface area contributed by atoms with Crippen molar-refractivity contribution in [2.45, 2.75) is 55.6 Å². The second-order valence-corrected chi connectivity index (χ2v) is 12.5.